The highest BCUT2D eigenvalue weighted by Crippen LogP contribution is 2.23. The number of ether oxygens (including phenoxy) is 1. The highest BCUT2D eigenvalue weighted by Gasteiger charge is 2.26. The zero-order valence-electron chi connectivity index (χ0n) is 17.8. The number of aromatic amines is 1. The summed E-state index contributed by atoms with van der Waals surface area (Å²) in [5, 5.41) is 0. The van der Waals surface area contributed by atoms with E-state index in [-0.39, 0.29) is 30.5 Å². The molecule has 3 rings (SSSR count). The molecule has 1 amide bonds. The smallest absolute Gasteiger partial charge is 0.330 e. The summed E-state index contributed by atoms with van der Waals surface area (Å²) in [5.41, 5.74) is 6.11. The van der Waals surface area contributed by atoms with E-state index in [1.165, 1.54) is 16.6 Å². The number of rotatable bonds is 7. The highest BCUT2D eigenvalue weighted by molar-refractivity contribution is 6.07. The Morgan fingerprint density at radius 1 is 1.13 bits per heavy atom. The van der Waals surface area contributed by atoms with E-state index in [0.29, 0.717) is 11.3 Å². The molecule has 1 heterocycles. The van der Waals surface area contributed by atoms with Gasteiger partial charge in [0.15, 0.2) is 5.69 Å². The van der Waals surface area contributed by atoms with E-state index in [1.807, 2.05) is 44.2 Å². The number of amides is 1. The lowest BCUT2D eigenvalue weighted by atomic mass is 10.1. The number of aromatic nitrogens is 2. The molecule has 0 aliphatic rings. The Morgan fingerprint density at radius 3 is 2.48 bits per heavy atom. The first-order valence-electron chi connectivity index (χ1n) is 9.94. The van der Waals surface area contributed by atoms with Crippen molar-refractivity contribution in [2.75, 3.05) is 24.3 Å². The Hall–Kier alpha value is -3.81. The van der Waals surface area contributed by atoms with Gasteiger partial charge in [-0.1, -0.05) is 50.2 Å². The van der Waals surface area contributed by atoms with Crippen LogP contribution >= 0.6 is 0 Å². The van der Waals surface area contributed by atoms with E-state index in [9.17, 15) is 14.4 Å². The number of nitrogen functional groups attached to an aromatic ring is 1. The first kappa shape index (κ1) is 21.9. The van der Waals surface area contributed by atoms with Gasteiger partial charge in [0.05, 0.1) is 13.7 Å². The normalized spacial score (nSPS) is 10.8. The van der Waals surface area contributed by atoms with Crippen LogP contribution in [0.4, 0.5) is 11.5 Å². The molecule has 8 nitrogen and oxygen atoms in total. The van der Waals surface area contributed by atoms with Crippen LogP contribution in [0.1, 0.15) is 29.8 Å². The van der Waals surface area contributed by atoms with Gasteiger partial charge in [0.1, 0.15) is 11.6 Å². The second kappa shape index (κ2) is 9.34. The summed E-state index contributed by atoms with van der Waals surface area (Å²) in [7, 11) is 1.51. The maximum Gasteiger partial charge on any atom is 0.330 e. The molecule has 0 radical (unpaired) electrons. The summed E-state index contributed by atoms with van der Waals surface area (Å²) >= 11 is 0. The fourth-order valence-corrected chi connectivity index (χ4v) is 3.31. The minimum Gasteiger partial charge on any atom is -0.497 e. The van der Waals surface area contributed by atoms with Crippen molar-refractivity contribution >= 4 is 17.4 Å². The monoisotopic (exact) mass is 422 g/mol. The van der Waals surface area contributed by atoms with Crippen molar-refractivity contribution in [3.63, 3.8) is 0 Å². The van der Waals surface area contributed by atoms with Gasteiger partial charge in [-0.15, -0.1) is 0 Å². The van der Waals surface area contributed by atoms with E-state index >= 15 is 0 Å². The summed E-state index contributed by atoms with van der Waals surface area (Å²) in [6, 6.07) is 15.9. The first-order chi connectivity index (χ1) is 14.8. The summed E-state index contributed by atoms with van der Waals surface area (Å²) in [6.07, 6.45) is 0. The molecule has 0 aliphatic carbocycles. The number of methoxy groups -OCH3 is 1. The molecule has 3 aromatic rings. The highest BCUT2D eigenvalue weighted by atomic mass is 16.5. The fraction of sp³-hybridized carbons (Fsp3) is 0.261. The van der Waals surface area contributed by atoms with Crippen LogP contribution in [0.25, 0.3) is 0 Å². The standard InChI is InChI=1S/C23H26N4O4/c1-15(2)13-26(22(29)17-10-7-11-18(12-17)31-3)19-20(24)27(23(30)25-21(19)28)14-16-8-5-4-6-9-16/h4-12,15H,13-14,24H2,1-3H3,(H,25,28,30). The largest absolute Gasteiger partial charge is 0.497 e. The lowest BCUT2D eigenvalue weighted by Crippen LogP contribution is -2.42. The van der Waals surface area contributed by atoms with Crippen molar-refractivity contribution in [1.29, 1.82) is 0 Å². The van der Waals surface area contributed by atoms with Crippen molar-refractivity contribution in [2.24, 2.45) is 5.92 Å². The number of carbonyl (C=O) groups excluding carboxylic acids is 1. The number of benzene rings is 2. The maximum atomic E-state index is 13.4. The number of hydrogen-bond donors (Lipinski definition) is 2. The summed E-state index contributed by atoms with van der Waals surface area (Å²) < 4.78 is 6.47. The number of carbonyl (C=O) groups is 1. The Morgan fingerprint density at radius 2 is 1.84 bits per heavy atom. The summed E-state index contributed by atoms with van der Waals surface area (Å²) in [5.74, 6) is 0.0957. The van der Waals surface area contributed by atoms with Gasteiger partial charge in [-0.05, 0) is 29.7 Å². The second-order valence-electron chi connectivity index (χ2n) is 7.61. The van der Waals surface area contributed by atoms with Gasteiger partial charge in [0, 0.05) is 12.1 Å². The average molecular weight is 422 g/mol. The van der Waals surface area contributed by atoms with Gasteiger partial charge < -0.3 is 15.4 Å². The third-order valence-corrected chi connectivity index (χ3v) is 4.78. The quantitative estimate of drug-likeness (QED) is 0.608. The van der Waals surface area contributed by atoms with E-state index < -0.39 is 17.2 Å². The van der Waals surface area contributed by atoms with Gasteiger partial charge >= 0.3 is 5.69 Å². The molecular weight excluding hydrogens is 396 g/mol. The average Bonchev–Trinajstić information content (AvgIpc) is 2.75. The molecule has 31 heavy (non-hydrogen) atoms. The van der Waals surface area contributed by atoms with E-state index in [4.69, 9.17) is 10.5 Å². The van der Waals surface area contributed by atoms with E-state index in [0.717, 1.165) is 5.56 Å². The van der Waals surface area contributed by atoms with Crippen LogP contribution in [-0.4, -0.2) is 29.1 Å². The SMILES string of the molecule is COc1cccc(C(=O)N(CC(C)C)c2c(N)n(Cc3ccccc3)c(=O)[nH]c2=O)c1. The van der Waals surface area contributed by atoms with Gasteiger partial charge in [0.2, 0.25) is 0 Å². The predicted molar refractivity (Wildman–Crippen MR) is 121 cm³/mol. The van der Waals surface area contributed by atoms with Crippen LogP contribution in [0.3, 0.4) is 0 Å². The molecule has 0 spiro atoms. The van der Waals surface area contributed by atoms with Crippen LogP contribution < -0.4 is 26.6 Å². The van der Waals surface area contributed by atoms with Crippen molar-refractivity contribution < 1.29 is 9.53 Å². The van der Waals surface area contributed by atoms with Crippen LogP contribution in [0.15, 0.2) is 64.2 Å². The first-order valence-corrected chi connectivity index (χ1v) is 9.94. The Balaban J connectivity index is 2.12. The fourth-order valence-electron chi connectivity index (χ4n) is 3.31. The molecule has 2 aromatic carbocycles. The molecule has 1 aromatic heterocycles. The lowest BCUT2D eigenvalue weighted by molar-refractivity contribution is 0.0983. The van der Waals surface area contributed by atoms with Gasteiger partial charge in [-0.3, -0.25) is 19.1 Å². The lowest BCUT2D eigenvalue weighted by Gasteiger charge is -2.26. The number of hydrogen-bond acceptors (Lipinski definition) is 5. The molecule has 8 heteroatoms. The molecule has 0 bridgehead atoms. The van der Waals surface area contributed by atoms with E-state index in [2.05, 4.69) is 4.98 Å². The van der Waals surface area contributed by atoms with Crippen molar-refractivity contribution in [1.82, 2.24) is 9.55 Å². The van der Waals surface area contributed by atoms with Gasteiger partial charge in [0.25, 0.3) is 11.5 Å². The minimum atomic E-state index is -0.705. The summed E-state index contributed by atoms with van der Waals surface area (Å²) in [6.45, 7) is 4.26. The molecule has 3 N–H and O–H groups in total. The van der Waals surface area contributed by atoms with Crippen molar-refractivity contribution in [3.8, 4) is 5.75 Å². The number of anilines is 2. The molecular formula is C23H26N4O4. The predicted octanol–water partition coefficient (Wildman–Crippen LogP) is 2.48. The molecule has 0 fully saturated rings. The van der Waals surface area contributed by atoms with Gasteiger partial charge in [-0.25, -0.2) is 4.79 Å². The van der Waals surface area contributed by atoms with Crippen molar-refractivity contribution in [3.05, 3.63) is 86.6 Å². The topological polar surface area (TPSA) is 110 Å². The molecule has 0 aliphatic heterocycles. The van der Waals surface area contributed by atoms with Crippen LogP contribution in [0.2, 0.25) is 0 Å². The van der Waals surface area contributed by atoms with Crippen LogP contribution in [0, 0.1) is 5.92 Å². The number of nitrogens with zero attached hydrogens (tertiary/aromatic N) is 2. The van der Waals surface area contributed by atoms with Crippen molar-refractivity contribution in [2.45, 2.75) is 20.4 Å². The zero-order valence-corrected chi connectivity index (χ0v) is 17.8. The Labute approximate surface area is 179 Å². The minimum absolute atomic E-state index is 0.0443. The maximum absolute atomic E-state index is 13.4. The van der Waals surface area contributed by atoms with E-state index in [1.54, 1.807) is 24.3 Å². The zero-order chi connectivity index (χ0) is 22.5. The number of H-pyrrole nitrogens is 1. The third-order valence-electron chi connectivity index (χ3n) is 4.78. The van der Waals surface area contributed by atoms with Gasteiger partial charge in [-0.2, -0.15) is 0 Å². The third kappa shape index (κ3) is 4.85. The Kier molecular flexibility index (Phi) is 6.59. The molecule has 0 unspecified atom stereocenters. The molecule has 162 valence electrons. The second-order valence-corrected chi connectivity index (χ2v) is 7.61. The molecule has 0 saturated heterocycles. The number of nitrogens with two attached hydrogens (primary N) is 1. The van der Waals surface area contributed by atoms with Crippen LogP contribution in [-0.2, 0) is 6.54 Å². The molecule has 0 atom stereocenters. The van der Waals surface area contributed by atoms with Crippen LogP contribution in [0.5, 0.6) is 5.75 Å². The summed E-state index contributed by atoms with van der Waals surface area (Å²) in [4.78, 5) is 42.3. The Bertz CT molecular complexity index is 1180. The molecule has 0 saturated carbocycles. The number of nitrogens with one attached hydrogen (secondary N) is 1.